The van der Waals surface area contributed by atoms with Gasteiger partial charge in [0, 0.05) is 4.48 Å². The zero-order valence-electron chi connectivity index (χ0n) is 9.71. The third-order valence-electron chi connectivity index (χ3n) is 1.83. The summed E-state index contributed by atoms with van der Waals surface area (Å²) in [6.07, 6.45) is 0. The second-order valence-corrected chi connectivity index (χ2v) is 5.44. The summed E-state index contributed by atoms with van der Waals surface area (Å²) in [4.78, 5) is 11.7. The summed E-state index contributed by atoms with van der Waals surface area (Å²) in [6, 6.07) is 7.12. The van der Waals surface area contributed by atoms with Gasteiger partial charge in [0.25, 0.3) is 0 Å². The van der Waals surface area contributed by atoms with Crippen molar-refractivity contribution in [2.24, 2.45) is 0 Å². The Hall–Kier alpha value is -1.09. The fourth-order valence-corrected chi connectivity index (χ4v) is 1.39. The lowest BCUT2D eigenvalue weighted by Gasteiger charge is -2.19. The summed E-state index contributed by atoms with van der Waals surface area (Å²) >= 11 is 3.28. The van der Waals surface area contributed by atoms with Crippen molar-refractivity contribution >= 4 is 26.4 Å². The summed E-state index contributed by atoms with van der Waals surface area (Å²) in [5, 5.41) is 0. The molecule has 0 saturated carbocycles. The largest absolute Gasteiger partial charge is 0.456 e. The summed E-state index contributed by atoms with van der Waals surface area (Å²) in [6.45, 7) is 9.30. The van der Waals surface area contributed by atoms with E-state index in [9.17, 15) is 4.79 Å². The van der Waals surface area contributed by atoms with Crippen LogP contribution in [0, 0.1) is 0 Å². The van der Waals surface area contributed by atoms with Gasteiger partial charge in [-0.1, -0.05) is 34.6 Å². The number of carbonyl (C=O) groups excluding carboxylic acids is 1. The molecular formula is C13H15BrO2. The van der Waals surface area contributed by atoms with E-state index in [4.69, 9.17) is 4.74 Å². The first-order valence-corrected chi connectivity index (χ1v) is 5.77. The van der Waals surface area contributed by atoms with Gasteiger partial charge in [-0.3, -0.25) is 0 Å². The molecule has 0 unspecified atom stereocenters. The average molecular weight is 283 g/mol. The van der Waals surface area contributed by atoms with Crippen molar-refractivity contribution in [3.05, 3.63) is 42.0 Å². The highest BCUT2D eigenvalue weighted by Crippen LogP contribution is 2.19. The molecule has 0 N–H and O–H groups in total. The van der Waals surface area contributed by atoms with Crippen LogP contribution in [0.2, 0.25) is 0 Å². The van der Waals surface area contributed by atoms with Crippen LogP contribution in [0.3, 0.4) is 0 Å². The molecule has 2 nitrogen and oxygen atoms in total. The lowest BCUT2D eigenvalue weighted by Crippen LogP contribution is -2.23. The molecule has 0 radical (unpaired) electrons. The van der Waals surface area contributed by atoms with Crippen LogP contribution in [0.1, 0.15) is 36.7 Å². The quantitative estimate of drug-likeness (QED) is 0.767. The van der Waals surface area contributed by atoms with E-state index in [1.165, 1.54) is 0 Å². The van der Waals surface area contributed by atoms with Gasteiger partial charge < -0.3 is 4.74 Å². The minimum atomic E-state index is -0.464. The highest BCUT2D eigenvalue weighted by Gasteiger charge is 2.17. The van der Waals surface area contributed by atoms with Gasteiger partial charge in [0.05, 0.1) is 5.56 Å². The van der Waals surface area contributed by atoms with Crippen LogP contribution < -0.4 is 0 Å². The topological polar surface area (TPSA) is 26.3 Å². The summed E-state index contributed by atoms with van der Waals surface area (Å²) in [5.41, 5.74) is 1.04. The van der Waals surface area contributed by atoms with Crippen molar-refractivity contribution < 1.29 is 9.53 Å². The van der Waals surface area contributed by atoms with Crippen LogP contribution in [-0.2, 0) is 4.74 Å². The number of rotatable bonds is 2. The summed E-state index contributed by atoms with van der Waals surface area (Å²) < 4.78 is 6.05. The van der Waals surface area contributed by atoms with E-state index in [0.29, 0.717) is 5.56 Å². The van der Waals surface area contributed by atoms with Crippen LogP contribution in [0.15, 0.2) is 30.8 Å². The molecule has 0 fully saturated rings. The van der Waals surface area contributed by atoms with Gasteiger partial charge in [-0.15, -0.1) is 0 Å². The van der Waals surface area contributed by atoms with Crippen molar-refractivity contribution in [2.45, 2.75) is 26.4 Å². The number of hydrogen-bond acceptors (Lipinski definition) is 2. The van der Waals surface area contributed by atoms with Gasteiger partial charge >= 0.3 is 5.97 Å². The molecule has 0 aromatic heterocycles. The maximum absolute atomic E-state index is 11.7. The molecule has 0 aliphatic heterocycles. The number of carbonyl (C=O) groups is 1. The Morgan fingerprint density at radius 3 is 2.00 bits per heavy atom. The molecule has 1 rings (SSSR count). The second-order valence-electron chi connectivity index (χ2n) is 4.48. The lowest BCUT2D eigenvalue weighted by atomic mass is 10.1. The highest BCUT2D eigenvalue weighted by molar-refractivity contribution is 9.15. The van der Waals surface area contributed by atoms with Crippen LogP contribution in [0.5, 0.6) is 0 Å². The zero-order chi connectivity index (χ0) is 12.3. The Balaban J connectivity index is 2.82. The second kappa shape index (κ2) is 4.83. The maximum Gasteiger partial charge on any atom is 0.338 e. The Bertz CT molecular complexity index is 399. The molecular weight excluding hydrogens is 268 g/mol. The van der Waals surface area contributed by atoms with Crippen LogP contribution in [0.25, 0.3) is 4.48 Å². The fraction of sp³-hybridized carbons (Fsp3) is 0.308. The molecule has 0 saturated heterocycles. The molecule has 0 spiro atoms. The Morgan fingerprint density at radius 1 is 1.19 bits per heavy atom. The average Bonchev–Trinajstić information content (AvgIpc) is 2.15. The Morgan fingerprint density at radius 2 is 1.62 bits per heavy atom. The van der Waals surface area contributed by atoms with E-state index in [0.717, 1.165) is 10.0 Å². The van der Waals surface area contributed by atoms with Crippen molar-refractivity contribution in [1.29, 1.82) is 0 Å². The molecule has 3 heteroatoms. The molecule has 86 valence electrons. The third kappa shape index (κ3) is 3.81. The minimum Gasteiger partial charge on any atom is -0.456 e. The van der Waals surface area contributed by atoms with Crippen molar-refractivity contribution in [2.75, 3.05) is 0 Å². The van der Waals surface area contributed by atoms with E-state index >= 15 is 0 Å². The predicted molar refractivity (Wildman–Crippen MR) is 69.6 cm³/mol. The maximum atomic E-state index is 11.7. The van der Waals surface area contributed by atoms with E-state index in [2.05, 4.69) is 22.5 Å². The van der Waals surface area contributed by atoms with Gasteiger partial charge in [0.15, 0.2) is 0 Å². The lowest BCUT2D eigenvalue weighted by molar-refractivity contribution is 0.00696. The fourth-order valence-electron chi connectivity index (χ4n) is 1.12. The number of esters is 1. The highest BCUT2D eigenvalue weighted by atomic mass is 79.9. The van der Waals surface area contributed by atoms with Gasteiger partial charge in [-0.25, -0.2) is 4.79 Å². The summed E-state index contributed by atoms with van der Waals surface area (Å²) in [5.74, 6) is -0.306. The van der Waals surface area contributed by atoms with Crippen molar-refractivity contribution in [3.63, 3.8) is 0 Å². The zero-order valence-corrected chi connectivity index (χ0v) is 11.3. The van der Waals surface area contributed by atoms with Crippen molar-refractivity contribution in [1.82, 2.24) is 0 Å². The first-order valence-electron chi connectivity index (χ1n) is 4.98. The molecule has 1 aromatic rings. The van der Waals surface area contributed by atoms with Crippen LogP contribution >= 0.6 is 15.9 Å². The molecule has 0 aliphatic carbocycles. The van der Waals surface area contributed by atoms with Gasteiger partial charge in [0.2, 0.25) is 0 Å². The van der Waals surface area contributed by atoms with E-state index in [1.807, 2.05) is 32.9 Å². The predicted octanol–water partition coefficient (Wildman–Crippen LogP) is 4.01. The smallest absolute Gasteiger partial charge is 0.338 e. The van der Waals surface area contributed by atoms with Crippen LogP contribution in [0.4, 0.5) is 0 Å². The van der Waals surface area contributed by atoms with Crippen LogP contribution in [-0.4, -0.2) is 11.6 Å². The van der Waals surface area contributed by atoms with Gasteiger partial charge in [0.1, 0.15) is 5.60 Å². The molecule has 0 heterocycles. The molecule has 1 aromatic carbocycles. The van der Waals surface area contributed by atoms with E-state index in [1.54, 1.807) is 12.1 Å². The van der Waals surface area contributed by atoms with Crippen molar-refractivity contribution in [3.8, 4) is 0 Å². The minimum absolute atomic E-state index is 0.306. The number of hydrogen-bond donors (Lipinski definition) is 0. The van der Waals surface area contributed by atoms with E-state index in [-0.39, 0.29) is 5.97 Å². The Kier molecular flexibility index (Phi) is 3.92. The number of halogens is 1. The third-order valence-corrected chi connectivity index (χ3v) is 2.29. The first-order chi connectivity index (χ1) is 7.29. The molecule has 0 aliphatic rings. The Labute approximate surface area is 104 Å². The molecule has 16 heavy (non-hydrogen) atoms. The normalized spacial score (nSPS) is 11.0. The number of ether oxygens (including phenoxy) is 1. The van der Waals surface area contributed by atoms with Gasteiger partial charge in [-0.05, 0) is 38.5 Å². The SMILES string of the molecule is C=C(Br)c1ccc(C(=O)OC(C)(C)C)cc1. The van der Waals surface area contributed by atoms with E-state index < -0.39 is 5.60 Å². The summed E-state index contributed by atoms with van der Waals surface area (Å²) in [7, 11) is 0. The van der Waals surface area contributed by atoms with Gasteiger partial charge in [-0.2, -0.15) is 0 Å². The first kappa shape index (κ1) is 13.0. The monoisotopic (exact) mass is 282 g/mol. The number of benzene rings is 1. The molecule has 0 amide bonds. The molecule has 0 bridgehead atoms. The standard InChI is InChI=1S/C13H15BrO2/c1-9(14)10-5-7-11(8-6-10)12(15)16-13(2,3)4/h5-8H,1H2,2-4H3. The molecule has 0 atom stereocenters.